The minimum absolute atomic E-state index is 0.0427. The van der Waals surface area contributed by atoms with E-state index in [9.17, 15) is 9.59 Å². The molecule has 0 amide bonds. The Labute approximate surface area is 216 Å². The van der Waals surface area contributed by atoms with E-state index in [0.717, 1.165) is 51.1 Å². The third kappa shape index (κ3) is 4.99. The molecule has 1 heterocycles. The molecule has 0 bridgehead atoms. The first-order valence-electron chi connectivity index (χ1n) is 12.0. The van der Waals surface area contributed by atoms with Crippen LogP contribution in [-0.4, -0.2) is 18.2 Å². The first kappa shape index (κ1) is 24.7. The highest BCUT2D eigenvalue weighted by Crippen LogP contribution is 2.50. The summed E-state index contributed by atoms with van der Waals surface area (Å²) in [6.45, 7) is 8.59. The molecular weight excluding hydrogens is 537 g/mol. The first-order chi connectivity index (χ1) is 16.2. The Kier molecular flexibility index (Phi) is 7.31. The molecule has 2 aromatic carbocycles. The van der Waals surface area contributed by atoms with Gasteiger partial charge in [0.1, 0.15) is 5.75 Å². The lowest BCUT2D eigenvalue weighted by molar-refractivity contribution is -0.118. The fourth-order valence-electron chi connectivity index (χ4n) is 5.01. The van der Waals surface area contributed by atoms with Gasteiger partial charge in [-0.1, -0.05) is 57.5 Å². The number of unbranched alkanes of at least 4 members (excludes halogenated alkanes) is 1. The van der Waals surface area contributed by atoms with Crippen molar-refractivity contribution in [1.29, 1.82) is 0 Å². The molecule has 4 rings (SSSR count). The maximum absolute atomic E-state index is 13.6. The Balaban J connectivity index is 1.98. The standard InChI is InChI=1S/C29H32INO3/c1-5-6-14-34-24-13-12-20(30)15-21(24)26-25(18(2)32)28(19-10-8-7-9-11-19)31-22-16-29(3,4)17-23(33)27(22)26/h7-13,15,26,31H,5-6,14,16-17H2,1-4H3/t26-/m0/s1. The van der Waals surface area contributed by atoms with Gasteiger partial charge in [-0.25, -0.2) is 0 Å². The number of ether oxygens (including phenoxy) is 1. The average molecular weight is 569 g/mol. The molecule has 0 radical (unpaired) electrons. The van der Waals surface area contributed by atoms with Crippen LogP contribution in [0.4, 0.5) is 0 Å². The number of benzene rings is 2. The van der Waals surface area contributed by atoms with Crippen molar-refractivity contribution in [3.8, 4) is 5.75 Å². The van der Waals surface area contributed by atoms with Crippen LogP contribution in [0.15, 0.2) is 65.4 Å². The van der Waals surface area contributed by atoms with Crippen LogP contribution in [0.1, 0.15) is 70.4 Å². The Bertz CT molecular complexity index is 1180. The van der Waals surface area contributed by atoms with Crippen molar-refractivity contribution < 1.29 is 14.3 Å². The lowest BCUT2D eigenvalue weighted by Gasteiger charge is -2.40. The molecule has 0 aromatic heterocycles. The highest BCUT2D eigenvalue weighted by atomic mass is 127. The van der Waals surface area contributed by atoms with Gasteiger partial charge in [-0.05, 0) is 71.5 Å². The van der Waals surface area contributed by atoms with Crippen molar-refractivity contribution >= 4 is 39.9 Å². The van der Waals surface area contributed by atoms with Crippen LogP contribution in [0.3, 0.4) is 0 Å². The minimum atomic E-state index is -0.459. The van der Waals surface area contributed by atoms with Crippen molar-refractivity contribution in [3.05, 3.63) is 80.1 Å². The topological polar surface area (TPSA) is 55.4 Å². The summed E-state index contributed by atoms with van der Waals surface area (Å²) in [6, 6.07) is 16.0. The van der Waals surface area contributed by atoms with Crippen molar-refractivity contribution in [2.24, 2.45) is 5.41 Å². The minimum Gasteiger partial charge on any atom is -0.493 e. The lowest BCUT2D eigenvalue weighted by Crippen LogP contribution is -2.38. The maximum atomic E-state index is 13.6. The molecule has 1 aliphatic carbocycles. The molecule has 0 fully saturated rings. The number of nitrogens with one attached hydrogen (secondary N) is 1. The molecule has 1 atom stereocenters. The summed E-state index contributed by atoms with van der Waals surface area (Å²) in [7, 11) is 0. The smallest absolute Gasteiger partial charge is 0.162 e. The maximum Gasteiger partial charge on any atom is 0.162 e. The third-order valence-electron chi connectivity index (χ3n) is 6.52. The molecule has 0 saturated heterocycles. The Morgan fingerprint density at radius 3 is 2.56 bits per heavy atom. The van der Waals surface area contributed by atoms with Gasteiger partial charge in [0.2, 0.25) is 0 Å². The number of Topliss-reactive ketones (excluding diaryl/α,β-unsaturated/α-hetero) is 2. The number of allylic oxidation sites excluding steroid dienone is 3. The molecule has 0 spiro atoms. The van der Waals surface area contributed by atoms with Crippen molar-refractivity contribution in [3.63, 3.8) is 0 Å². The second-order valence-electron chi connectivity index (χ2n) is 9.99. The van der Waals surface area contributed by atoms with E-state index in [1.54, 1.807) is 6.92 Å². The number of hydrogen-bond donors (Lipinski definition) is 1. The van der Waals surface area contributed by atoms with Gasteiger partial charge < -0.3 is 10.1 Å². The molecule has 2 aliphatic rings. The number of carbonyl (C=O) groups is 2. The Morgan fingerprint density at radius 1 is 1.15 bits per heavy atom. The highest BCUT2D eigenvalue weighted by Gasteiger charge is 2.43. The summed E-state index contributed by atoms with van der Waals surface area (Å²) in [6.07, 6.45) is 3.20. The molecule has 1 N–H and O–H groups in total. The summed E-state index contributed by atoms with van der Waals surface area (Å²) in [5.41, 5.74) is 4.75. The first-order valence-corrected chi connectivity index (χ1v) is 13.1. The van der Waals surface area contributed by atoms with Gasteiger partial charge in [0.05, 0.1) is 12.3 Å². The molecule has 5 heteroatoms. The van der Waals surface area contributed by atoms with E-state index >= 15 is 0 Å². The third-order valence-corrected chi connectivity index (χ3v) is 7.19. The fraction of sp³-hybridized carbons (Fsp3) is 0.379. The van der Waals surface area contributed by atoms with Gasteiger partial charge in [0.15, 0.2) is 11.6 Å². The highest BCUT2D eigenvalue weighted by molar-refractivity contribution is 14.1. The average Bonchev–Trinajstić information content (AvgIpc) is 2.78. The zero-order valence-electron chi connectivity index (χ0n) is 20.3. The van der Waals surface area contributed by atoms with E-state index in [1.165, 1.54) is 0 Å². The Morgan fingerprint density at radius 2 is 1.88 bits per heavy atom. The van der Waals surface area contributed by atoms with Crippen LogP contribution in [0.25, 0.3) is 5.70 Å². The van der Waals surface area contributed by atoms with Gasteiger partial charge >= 0.3 is 0 Å². The van der Waals surface area contributed by atoms with Gasteiger partial charge in [-0.15, -0.1) is 0 Å². The summed E-state index contributed by atoms with van der Waals surface area (Å²) in [5, 5.41) is 3.55. The van der Waals surface area contributed by atoms with Crippen LogP contribution in [-0.2, 0) is 9.59 Å². The van der Waals surface area contributed by atoms with E-state index in [2.05, 4.69) is 54.7 Å². The fourth-order valence-corrected chi connectivity index (χ4v) is 5.53. The van der Waals surface area contributed by atoms with E-state index in [1.807, 2.05) is 42.5 Å². The molecular formula is C29H32INO3. The van der Waals surface area contributed by atoms with E-state index < -0.39 is 5.92 Å². The van der Waals surface area contributed by atoms with Gasteiger partial charge in [0.25, 0.3) is 0 Å². The quantitative estimate of drug-likeness (QED) is 0.295. The molecule has 34 heavy (non-hydrogen) atoms. The number of rotatable bonds is 7. The number of dihydropyridines is 1. The van der Waals surface area contributed by atoms with Gasteiger partial charge in [-0.3, -0.25) is 9.59 Å². The molecule has 0 saturated carbocycles. The zero-order chi connectivity index (χ0) is 24.5. The Hall–Kier alpha value is -2.41. The van der Waals surface area contributed by atoms with Crippen LogP contribution < -0.4 is 10.1 Å². The van der Waals surface area contributed by atoms with Crippen LogP contribution in [0.2, 0.25) is 0 Å². The van der Waals surface area contributed by atoms with Gasteiger partial charge in [0, 0.05) is 38.3 Å². The van der Waals surface area contributed by atoms with Crippen molar-refractivity contribution in [1.82, 2.24) is 5.32 Å². The number of halogens is 1. The largest absolute Gasteiger partial charge is 0.493 e. The lowest BCUT2D eigenvalue weighted by atomic mass is 9.67. The second-order valence-corrected chi connectivity index (χ2v) is 11.2. The molecule has 0 unspecified atom stereocenters. The molecule has 178 valence electrons. The number of hydrogen-bond acceptors (Lipinski definition) is 4. The predicted octanol–water partition coefficient (Wildman–Crippen LogP) is 6.80. The van der Waals surface area contributed by atoms with E-state index in [4.69, 9.17) is 4.74 Å². The summed E-state index contributed by atoms with van der Waals surface area (Å²) in [5.74, 6) is 0.349. The van der Waals surface area contributed by atoms with Crippen LogP contribution in [0, 0.1) is 8.99 Å². The van der Waals surface area contributed by atoms with Crippen LogP contribution in [0.5, 0.6) is 5.75 Å². The number of carbonyl (C=O) groups excluding carboxylic acids is 2. The summed E-state index contributed by atoms with van der Waals surface area (Å²) in [4.78, 5) is 26.9. The van der Waals surface area contributed by atoms with E-state index in [0.29, 0.717) is 24.2 Å². The normalized spacial score (nSPS) is 19.6. The van der Waals surface area contributed by atoms with Crippen molar-refractivity contribution in [2.75, 3.05) is 6.61 Å². The van der Waals surface area contributed by atoms with E-state index in [-0.39, 0.29) is 17.0 Å². The zero-order valence-corrected chi connectivity index (χ0v) is 22.5. The second kappa shape index (κ2) is 10.1. The van der Waals surface area contributed by atoms with Crippen molar-refractivity contribution in [2.45, 2.75) is 59.3 Å². The predicted molar refractivity (Wildman–Crippen MR) is 145 cm³/mol. The summed E-state index contributed by atoms with van der Waals surface area (Å²) >= 11 is 2.29. The van der Waals surface area contributed by atoms with Gasteiger partial charge in [-0.2, -0.15) is 0 Å². The molecule has 2 aromatic rings. The SMILES string of the molecule is CCCCOc1ccc(I)cc1[C@@H]1C2=C(CC(C)(C)CC2=O)NC(c2ccccc2)=C1C(C)=O. The monoisotopic (exact) mass is 569 g/mol. The summed E-state index contributed by atoms with van der Waals surface area (Å²) < 4.78 is 7.26. The van der Waals surface area contributed by atoms with Crippen LogP contribution >= 0.6 is 22.6 Å². The number of ketones is 2. The molecule has 4 nitrogen and oxygen atoms in total. The molecule has 1 aliphatic heterocycles.